The molecule has 4 heteroatoms. The zero-order chi connectivity index (χ0) is 13.1. The van der Waals surface area contributed by atoms with Gasteiger partial charge >= 0.3 is 0 Å². The average molecular weight is 263 g/mol. The molecular weight excluding hydrogens is 238 g/mol. The van der Waals surface area contributed by atoms with Gasteiger partial charge in [-0.25, -0.2) is 0 Å². The summed E-state index contributed by atoms with van der Waals surface area (Å²) in [7, 11) is 0. The second-order valence-corrected chi connectivity index (χ2v) is 6.22. The van der Waals surface area contributed by atoms with Crippen molar-refractivity contribution in [3.05, 3.63) is 18.0 Å². The number of aliphatic hydroxyl groups excluding tert-OH is 1. The second-order valence-electron chi connectivity index (χ2n) is 6.22. The third kappa shape index (κ3) is 2.84. The fourth-order valence-electron chi connectivity index (χ4n) is 3.29. The van der Waals surface area contributed by atoms with E-state index in [1.54, 1.807) is 0 Å². The largest absolute Gasteiger partial charge is 0.394 e. The van der Waals surface area contributed by atoms with Crippen LogP contribution in [0.3, 0.4) is 0 Å². The van der Waals surface area contributed by atoms with Crippen LogP contribution in [0.15, 0.2) is 12.3 Å². The molecule has 0 unspecified atom stereocenters. The summed E-state index contributed by atoms with van der Waals surface area (Å²) in [5.41, 5.74) is 1.08. The van der Waals surface area contributed by atoms with E-state index in [1.807, 2.05) is 0 Å². The van der Waals surface area contributed by atoms with E-state index in [-0.39, 0.29) is 12.1 Å². The van der Waals surface area contributed by atoms with Crippen LogP contribution in [-0.4, -0.2) is 27.0 Å². The molecular formula is C15H25N3O. The van der Waals surface area contributed by atoms with E-state index in [4.69, 9.17) is 5.10 Å². The maximum absolute atomic E-state index is 9.44. The first-order valence-electron chi connectivity index (χ1n) is 7.71. The first kappa shape index (κ1) is 13.1. The molecule has 1 aromatic rings. The topological polar surface area (TPSA) is 50.1 Å². The van der Waals surface area contributed by atoms with Crippen LogP contribution in [0.1, 0.15) is 63.1 Å². The molecule has 0 amide bonds. The Hall–Kier alpha value is -0.870. The maximum atomic E-state index is 9.44. The van der Waals surface area contributed by atoms with Gasteiger partial charge in [0.05, 0.1) is 18.3 Å². The van der Waals surface area contributed by atoms with Gasteiger partial charge < -0.3 is 10.4 Å². The van der Waals surface area contributed by atoms with Crippen LogP contribution in [0.5, 0.6) is 0 Å². The van der Waals surface area contributed by atoms with E-state index in [9.17, 15) is 5.11 Å². The van der Waals surface area contributed by atoms with Crippen LogP contribution in [-0.2, 0) is 6.54 Å². The Morgan fingerprint density at radius 1 is 1.26 bits per heavy atom. The number of hydrogen-bond donors (Lipinski definition) is 2. The lowest BCUT2D eigenvalue weighted by Gasteiger charge is -2.41. The number of nitrogens with one attached hydrogen (secondary N) is 1. The number of rotatable bonds is 5. The Bertz CT molecular complexity index is 400. The van der Waals surface area contributed by atoms with Gasteiger partial charge in [0.15, 0.2) is 0 Å². The third-order valence-corrected chi connectivity index (χ3v) is 4.87. The van der Waals surface area contributed by atoms with Crippen molar-refractivity contribution >= 4 is 0 Å². The highest BCUT2D eigenvalue weighted by Crippen LogP contribution is 2.31. The molecule has 1 aromatic heterocycles. The molecule has 0 saturated heterocycles. The Labute approximate surface area is 115 Å². The van der Waals surface area contributed by atoms with Crippen molar-refractivity contribution in [2.24, 2.45) is 0 Å². The van der Waals surface area contributed by atoms with E-state index in [2.05, 4.69) is 22.3 Å². The van der Waals surface area contributed by atoms with Crippen molar-refractivity contribution in [2.45, 2.75) is 69.5 Å². The lowest BCUT2D eigenvalue weighted by Crippen LogP contribution is -2.53. The molecule has 0 spiro atoms. The van der Waals surface area contributed by atoms with E-state index in [0.29, 0.717) is 6.04 Å². The Kier molecular flexibility index (Phi) is 3.89. The fourth-order valence-corrected chi connectivity index (χ4v) is 3.29. The van der Waals surface area contributed by atoms with Gasteiger partial charge in [0.2, 0.25) is 0 Å². The highest BCUT2D eigenvalue weighted by molar-refractivity contribution is 5.03. The normalized spacial score (nSPS) is 23.2. The van der Waals surface area contributed by atoms with Crippen molar-refractivity contribution in [2.75, 3.05) is 6.61 Å². The minimum atomic E-state index is -0.0192. The highest BCUT2D eigenvalue weighted by Gasteiger charge is 2.35. The molecule has 106 valence electrons. The molecule has 19 heavy (non-hydrogen) atoms. The van der Waals surface area contributed by atoms with Crippen LogP contribution in [0.2, 0.25) is 0 Å². The van der Waals surface area contributed by atoms with E-state index < -0.39 is 0 Å². The third-order valence-electron chi connectivity index (χ3n) is 4.87. The molecule has 0 atom stereocenters. The number of aromatic nitrogens is 2. The fraction of sp³-hybridized carbons (Fsp3) is 0.800. The first-order valence-corrected chi connectivity index (χ1v) is 7.71. The molecule has 2 aliphatic rings. The molecule has 0 bridgehead atoms. The van der Waals surface area contributed by atoms with Crippen molar-refractivity contribution in [3.8, 4) is 0 Å². The van der Waals surface area contributed by atoms with Gasteiger partial charge in [0.25, 0.3) is 0 Å². The summed E-state index contributed by atoms with van der Waals surface area (Å²) in [6.07, 6.45) is 12.1. The first-order chi connectivity index (χ1) is 9.31. The molecule has 4 nitrogen and oxygen atoms in total. The van der Waals surface area contributed by atoms with E-state index >= 15 is 0 Å². The molecule has 2 N–H and O–H groups in total. The zero-order valence-electron chi connectivity index (χ0n) is 11.6. The Balaban J connectivity index is 1.55. The van der Waals surface area contributed by atoms with Crippen molar-refractivity contribution < 1.29 is 5.11 Å². The van der Waals surface area contributed by atoms with Gasteiger partial charge in [0, 0.05) is 18.3 Å². The molecule has 2 aliphatic carbocycles. The summed E-state index contributed by atoms with van der Waals surface area (Å²) in [6, 6.07) is 2.73. The molecule has 0 aromatic carbocycles. The summed E-state index contributed by atoms with van der Waals surface area (Å²) in [4.78, 5) is 0. The van der Waals surface area contributed by atoms with E-state index in [0.717, 1.165) is 25.1 Å². The summed E-state index contributed by atoms with van der Waals surface area (Å²) < 4.78 is 2.16. The minimum Gasteiger partial charge on any atom is -0.394 e. The summed E-state index contributed by atoms with van der Waals surface area (Å²) in [5.74, 6) is 0. The average Bonchev–Trinajstić information content (AvgIpc) is 2.88. The summed E-state index contributed by atoms with van der Waals surface area (Å²) >= 11 is 0. The molecule has 3 rings (SSSR count). The van der Waals surface area contributed by atoms with Crippen LogP contribution in [0, 0.1) is 0 Å². The summed E-state index contributed by atoms with van der Waals surface area (Å²) in [6.45, 7) is 1.02. The van der Waals surface area contributed by atoms with E-state index in [1.165, 1.54) is 38.5 Å². The van der Waals surface area contributed by atoms with Crippen molar-refractivity contribution in [1.29, 1.82) is 0 Å². The molecule has 1 heterocycles. The Morgan fingerprint density at radius 2 is 2.05 bits per heavy atom. The SMILES string of the molecule is OCC1(NCc2ccn(C3CCCCC3)n2)CCC1. The quantitative estimate of drug-likeness (QED) is 0.857. The molecule has 2 saturated carbocycles. The van der Waals surface area contributed by atoms with Gasteiger partial charge in [-0.1, -0.05) is 19.3 Å². The van der Waals surface area contributed by atoms with Gasteiger partial charge in [-0.05, 0) is 38.2 Å². The lowest BCUT2D eigenvalue weighted by atomic mass is 9.77. The van der Waals surface area contributed by atoms with Gasteiger partial charge in [-0.3, -0.25) is 4.68 Å². The van der Waals surface area contributed by atoms with Gasteiger partial charge in [0.1, 0.15) is 0 Å². The van der Waals surface area contributed by atoms with Crippen LogP contribution >= 0.6 is 0 Å². The molecule has 2 fully saturated rings. The van der Waals surface area contributed by atoms with Gasteiger partial charge in [-0.2, -0.15) is 5.10 Å². The van der Waals surface area contributed by atoms with Gasteiger partial charge in [-0.15, -0.1) is 0 Å². The monoisotopic (exact) mass is 263 g/mol. The molecule has 0 aliphatic heterocycles. The minimum absolute atomic E-state index is 0.0192. The second kappa shape index (κ2) is 5.63. The number of aliphatic hydroxyl groups is 1. The smallest absolute Gasteiger partial charge is 0.0762 e. The Morgan fingerprint density at radius 3 is 2.68 bits per heavy atom. The van der Waals surface area contributed by atoms with Crippen LogP contribution < -0.4 is 5.32 Å². The van der Waals surface area contributed by atoms with Crippen molar-refractivity contribution in [3.63, 3.8) is 0 Å². The molecule has 0 radical (unpaired) electrons. The number of hydrogen-bond acceptors (Lipinski definition) is 3. The predicted molar refractivity (Wildman–Crippen MR) is 74.9 cm³/mol. The highest BCUT2D eigenvalue weighted by atomic mass is 16.3. The maximum Gasteiger partial charge on any atom is 0.0762 e. The zero-order valence-corrected chi connectivity index (χ0v) is 11.6. The summed E-state index contributed by atoms with van der Waals surface area (Å²) in [5, 5.41) is 17.6. The lowest BCUT2D eigenvalue weighted by molar-refractivity contribution is 0.0867. The number of nitrogens with zero attached hydrogens (tertiary/aromatic N) is 2. The predicted octanol–water partition coefficient (Wildman–Crippen LogP) is 2.39. The van der Waals surface area contributed by atoms with Crippen molar-refractivity contribution in [1.82, 2.24) is 15.1 Å². The van der Waals surface area contributed by atoms with Crippen LogP contribution in [0.4, 0.5) is 0 Å². The standard InChI is InChI=1S/C15H25N3O/c19-12-15(8-4-9-15)16-11-13-7-10-18(17-13)14-5-2-1-3-6-14/h7,10,14,16,19H,1-6,8-9,11-12H2. The van der Waals surface area contributed by atoms with Crippen LogP contribution in [0.25, 0.3) is 0 Å².